The van der Waals surface area contributed by atoms with Gasteiger partial charge in [-0.15, -0.1) is 0 Å². The van der Waals surface area contributed by atoms with Gasteiger partial charge in [-0.3, -0.25) is 0 Å². The van der Waals surface area contributed by atoms with Crippen molar-refractivity contribution in [3.05, 3.63) is 28.5 Å². The molecule has 0 aliphatic heterocycles. The minimum atomic E-state index is -1.22. The molecule has 0 saturated heterocycles. The lowest BCUT2D eigenvalue weighted by molar-refractivity contribution is 0.561. The lowest BCUT2D eigenvalue weighted by Gasteiger charge is -2.22. The van der Waals surface area contributed by atoms with Crippen molar-refractivity contribution < 1.29 is 4.55 Å². The number of fused-ring (bicyclic) bond motifs is 1. The molecule has 1 aliphatic rings. The minimum absolute atomic E-state index is 0.329. The highest BCUT2D eigenvalue weighted by molar-refractivity contribution is 7.91. The predicted octanol–water partition coefficient (Wildman–Crippen LogP) is 3.32. The van der Waals surface area contributed by atoms with Crippen LogP contribution in [-0.4, -0.2) is 20.0 Å². The van der Waals surface area contributed by atoms with E-state index in [0.29, 0.717) is 5.15 Å². The molecule has 18 heavy (non-hydrogen) atoms. The maximum atomic E-state index is 12.1. The van der Waals surface area contributed by atoms with Crippen LogP contribution in [-0.2, 0) is 17.8 Å². The Balaban J connectivity index is 2.36. The van der Waals surface area contributed by atoms with E-state index in [1.165, 1.54) is 0 Å². The number of nitrogens with zero attached hydrogens (tertiary/aromatic N) is 2. The first kappa shape index (κ1) is 13.8. The maximum Gasteiger partial charge on any atom is 0.144 e. The summed E-state index contributed by atoms with van der Waals surface area (Å²) >= 11 is 4.67. The molecule has 0 N–H and O–H groups in total. The minimum Gasteiger partial charge on any atom is -0.591 e. The summed E-state index contributed by atoms with van der Waals surface area (Å²) in [4.78, 5) is 4.10. The zero-order valence-corrected chi connectivity index (χ0v) is 12.4. The van der Waals surface area contributed by atoms with E-state index >= 15 is 0 Å². The van der Waals surface area contributed by atoms with Gasteiger partial charge in [-0.1, -0.05) is 16.0 Å². The van der Waals surface area contributed by atoms with Crippen molar-refractivity contribution >= 4 is 28.7 Å². The molecule has 98 valence electrons. The van der Waals surface area contributed by atoms with Gasteiger partial charge in [0.2, 0.25) is 0 Å². The van der Waals surface area contributed by atoms with Gasteiger partial charge in [0.05, 0.1) is 0 Å². The SMILES string of the molecule is CC(C)(C)[S@+]([O-])N=C1CCCc2cc(Cl)ncc21. The Morgan fingerprint density at radius 1 is 1.39 bits per heavy atom. The summed E-state index contributed by atoms with van der Waals surface area (Å²) in [6.07, 6.45) is 4.61. The second-order valence-corrected chi connectivity index (χ2v) is 7.71. The lowest BCUT2D eigenvalue weighted by atomic mass is 9.92. The first-order valence-electron chi connectivity index (χ1n) is 6.02. The summed E-state index contributed by atoms with van der Waals surface area (Å²) in [6.45, 7) is 5.78. The van der Waals surface area contributed by atoms with E-state index in [0.717, 1.165) is 36.1 Å². The Kier molecular flexibility index (Phi) is 3.99. The molecule has 0 radical (unpaired) electrons. The third kappa shape index (κ3) is 3.05. The third-order valence-corrected chi connectivity index (χ3v) is 4.48. The smallest absolute Gasteiger partial charge is 0.144 e. The summed E-state index contributed by atoms with van der Waals surface area (Å²) in [5.41, 5.74) is 3.06. The second-order valence-electron chi connectivity index (χ2n) is 5.42. The maximum absolute atomic E-state index is 12.1. The Hall–Kier alpha value is -0.580. The van der Waals surface area contributed by atoms with Crippen LogP contribution in [0, 0.1) is 0 Å². The highest BCUT2D eigenvalue weighted by Gasteiger charge is 2.28. The van der Waals surface area contributed by atoms with Gasteiger partial charge < -0.3 is 4.55 Å². The standard InChI is InChI=1S/C13H17ClN2OS/c1-13(2,3)18(17)16-11-6-4-5-9-7-12(14)15-8-10(9)11/h7-8H,4-6H2,1-3H3/t18-/m0/s1. The van der Waals surface area contributed by atoms with Gasteiger partial charge in [0, 0.05) is 11.8 Å². The molecule has 0 fully saturated rings. The average Bonchev–Trinajstić information content (AvgIpc) is 2.27. The third-order valence-electron chi connectivity index (χ3n) is 2.84. The molecule has 0 amide bonds. The largest absolute Gasteiger partial charge is 0.591 e. The Bertz CT molecular complexity index is 482. The van der Waals surface area contributed by atoms with Crippen LogP contribution in [0.5, 0.6) is 0 Å². The van der Waals surface area contributed by atoms with E-state index in [2.05, 4.69) is 9.38 Å². The van der Waals surface area contributed by atoms with Crippen molar-refractivity contribution in [3.63, 3.8) is 0 Å². The molecule has 0 bridgehead atoms. The van der Waals surface area contributed by atoms with Gasteiger partial charge in [-0.2, -0.15) is 0 Å². The molecule has 1 aromatic heterocycles. The Morgan fingerprint density at radius 3 is 2.78 bits per heavy atom. The van der Waals surface area contributed by atoms with Crippen LogP contribution in [0.2, 0.25) is 5.15 Å². The van der Waals surface area contributed by atoms with E-state index in [1.807, 2.05) is 26.8 Å². The Labute approximate surface area is 116 Å². The predicted molar refractivity (Wildman–Crippen MR) is 76.6 cm³/mol. The first-order chi connectivity index (χ1) is 8.38. The molecular formula is C13H17ClN2OS. The van der Waals surface area contributed by atoms with Crippen molar-refractivity contribution in [2.75, 3.05) is 0 Å². The van der Waals surface area contributed by atoms with Gasteiger partial charge >= 0.3 is 0 Å². The van der Waals surface area contributed by atoms with Crippen molar-refractivity contribution in [3.8, 4) is 0 Å². The number of aryl methyl sites for hydroxylation is 1. The molecular weight excluding hydrogens is 268 g/mol. The fourth-order valence-corrected chi connectivity index (χ4v) is 2.69. The van der Waals surface area contributed by atoms with Crippen LogP contribution in [0.3, 0.4) is 0 Å². The van der Waals surface area contributed by atoms with Crippen LogP contribution < -0.4 is 0 Å². The van der Waals surface area contributed by atoms with Crippen molar-refractivity contribution in [2.45, 2.75) is 44.8 Å². The molecule has 0 spiro atoms. The fraction of sp³-hybridized carbons (Fsp3) is 0.538. The van der Waals surface area contributed by atoms with E-state index in [4.69, 9.17) is 11.6 Å². The Morgan fingerprint density at radius 2 is 2.11 bits per heavy atom. The van der Waals surface area contributed by atoms with Crippen LogP contribution >= 0.6 is 11.6 Å². The summed E-state index contributed by atoms with van der Waals surface area (Å²) in [6, 6.07) is 1.88. The molecule has 3 nitrogen and oxygen atoms in total. The van der Waals surface area contributed by atoms with E-state index in [9.17, 15) is 4.55 Å². The molecule has 1 aliphatic carbocycles. The van der Waals surface area contributed by atoms with E-state index < -0.39 is 11.4 Å². The highest BCUT2D eigenvalue weighted by Crippen LogP contribution is 2.26. The van der Waals surface area contributed by atoms with Gasteiger partial charge in [-0.25, -0.2) is 4.98 Å². The number of rotatable bonds is 1. The van der Waals surface area contributed by atoms with Gasteiger partial charge in [0.1, 0.15) is 27.0 Å². The van der Waals surface area contributed by atoms with Gasteiger partial charge in [0.25, 0.3) is 0 Å². The van der Waals surface area contributed by atoms with Crippen molar-refractivity contribution in [2.24, 2.45) is 4.40 Å². The number of halogens is 1. The molecule has 0 unspecified atom stereocenters. The van der Waals surface area contributed by atoms with E-state index in [1.54, 1.807) is 6.20 Å². The monoisotopic (exact) mass is 284 g/mol. The number of hydrogen-bond donors (Lipinski definition) is 0. The molecule has 1 aromatic rings. The topological polar surface area (TPSA) is 48.3 Å². The quantitative estimate of drug-likeness (QED) is 0.587. The number of aromatic nitrogens is 1. The number of hydrogen-bond acceptors (Lipinski definition) is 3. The summed E-state index contributed by atoms with van der Waals surface area (Å²) in [5, 5.41) is 0.506. The lowest BCUT2D eigenvalue weighted by Crippen LogP contribution is -2.27. The molecule has 0 saturated carbocycles. The first-order valence-corrected chi connectivity index (χ1v) is 7.51. The molecule has 1 atom stereocenters. The molecule has 5 heteroatoms. The summed E-state index contributed by atoms with van der Waals surface area (Å²) in [7, 11) is 0. The van der Waals surface area contributed by atoms with Crippen LogP contribution in [0.15, 0.2) is 16.7 Å². The van der Waals surface area contributed by atoms with Crippen molar-refractivity contribution in [1.29, 1.82) is 0 Å². The molecule has 1 heterocycles. The highest BCUT2D eigenvalue weighted by atomic mass is 35.5. The van der Waals surface area contributed by atoms with Crippen LogP contribution in [0.4, 0.5) is 0 Å². The fourth-order valence-electron chi connectivity index (χ4n) is 1.85. The van der Waals surface area contributed by atoms with Crippen LogP contribution in [0.1, 0.15) is 44.7 Å². The summed E-state index contributed by atoms with van der Waals surface area (Å²) in [5.74, 6) is 0. The zero-order valence-electron chi connectivity index (χ0n) is 10.9. The van der Waals surface area contributed by atoms with E-state index in [-0.39, 0.29) is 4.75 Å². The normalized spacial score (nSPS) is 19.7. The zero-order chi connectivity index (χ0) is 13.3. The average molecular weight is 285 g/mol. The van der Waals surface area contributed by atoms with Gasteiger partial charge in [0.15, 0.2) is 0 Å². The van der Waals surface area contributed by atoms with Crippen molar-refractivity contribution in [1.82, 2.24) is 4.98 Å². The van der Waals surface area contributed by atoms with Gasteiger partial charge in [-0.05, 0) is 51.7 Å². The second kappa shape index (κ2) is 5.19. The molecule has 2 rings (SSSR count). The van der Waals surface area contributed by atoms with Crippen LogP contribution in [0.25, 0.3) is 0 Å². The number of pyridine rings is 1. The molecule has 0 aromatic carbocycles. The summed E-state index contributed by atoms with van der Waals surface area (Å²) < 4.78 is 16.1.